The Bertz CT molecular complexity index is 390. The summed E-state index contributed by atoms with van der Waals surface area (Å²) in [4.78, 5) is 13.8. The summed E-state index contributed by atoms with van der Waals surface area (Å²) in [6.45, 7) is 6.09. The fourth-order valence-electron chi connectivity index (χ4n) is 2.91. The van der Waals surface area contributed by atoms with Crippen LogP contribution in [0.3, 0.4) is 0 Å². The number of carbonyl (C=O) groups excluding carboxylic acids is 1. The second-order valence-electron chi connectivity index (χ2n) is 5.54. The van der Waals surface area contributed by atoms with Gasteiger partial charge in [0.05, 0.1) is 0 Å². The Morgan fingerprint density at radius 3 is 2.33 bits per heavy atom. The van der Waals surface area contributed by atoms with E-state index in [0.29, 0.717) is 0 Å². The van der Waals surface area contributed by atoms with Crippen molar-refractivity contribution in [2.75, 3.05) is 18.0 Å². The van der Waals surface area contributed by atoms with Crippen molar-refractivity contribution in [1.29, 1.82) is 0 Å². The molecule has 1 aromatic rings. The van der Waals surface area contributed by atoms with Crippen LogP contribution in [0.4, 0.5) is 5.69 Å². The van der Waals surface area contributed by atoms with Crippen molar-refractivity contribution in [3.8, 4) is 0 Å². The molecule has 0 N–H and O–H groups in total. The first-order chi connectivity index (χ1) is 8.69. The molecule has 0 spiro atoms. The molecule has 1 aromatic carbocycles. The van der Waals surface area contributed by atoms with E-state index in [1.54, 1.807) is 0 Å². The van der Waals surface area contributed by atoms with Gasteiger partial charge in [0, 0.05) is 24.2 Å². The molecule has 98 valence electrons. The number of anilines is 1. The van der Waals surface area contributed by atoms with Crippen LogP contribution in [0.5, 0.6) is 0 Å². The third-order valence-corrected chi connectivity index (χ3v) is 4.14. The van der Waals surface area contributed by atoms with Crippen molar-refractivity contribution in [3.63, 3.8) is 0 Å². The Balaban J connectivity index is 2.13. The molecule has 0 bridgehead atoms. The van der Waals surface area contributed by atoms with E-state index < -0.39 is 0 Å². The quantitative estimate of drug-likeness (QED) is 0.739. The molecule has 18 heavy (non-hydrogen) atoms. The third-order valence-electron chi connectivity index (χ3n) is 4.14. The average Bonchev–Trinajstić information content (AvgIpc) is 2.86. The number of hydrogen-bond acceptors (Lipinski definition) is 2. The third kappa shape index (κ3) is 2.74. The highest BCUT2D eigenvalue weighted by atomic mass is 16.1. The monoisotopic (exact) mass is 245 g/mol. The first-order valence-electron chi connectivity index (χ1n) is 6.97. The van der Waals surface area contributed by atoms with Gasteiger partial charge in [-0.2, -0.15) is 0 Å². The summed E-state index contributed by atoms with van der Waals surface area (Å²) < 4.78 is 0. The number of carbonyl (C=O) groups is 1. The van der Waals surface area contributed by atoms with Gasteiger partial charge < -0.3 is 9.69 Å². The van der Waals surface area contributed by atoms with E-state index in [1.807, 2.05) is 0 Å². The van der Waals surface area contributed by atoms with Crippen LogP contribution in [0.15, 0.2) is 24.3 Å². The molecule has 0 radical (unpaired) electrons. The minimum absolute atomic E-state index is 0.0963. The molecule has 0 atom stereocenters. The largest absolute Gasteiger partial charge is 0.371 e. The second-order valence-corrected chi connectivity index (χ2v) is 5.54. The fraction of sp³-hybridized carbons (Fsp3) is 0.562. The summed E-state index contributed by atoms with van der Waals surface area (Å²) in [6.07, 6.45) is 5.71. The lowest BCUT2D eigenvalue weighted by Gasteiger charge is -2.32. The zero-order valence-electron chi connectivity index (χ0n) is 11.5. The van der Waals surface area contributed by atoms with E-state index in [9.17, 15) is 4.79 Å². The van der Waals surface area contributed by atoms with Crippen LogP contribution in [-0.2, 0) is 4.79 Å². The summed E-state index contributed by atoms with van der Waals surface area (Å²) in [5.74, 6) is 0. The van der Waals surface area contributed by atoms with Gasteiger partial charge in [0.25, 0.3) is 0 Å². The molecule has 1 aliphatic carbocycles. The van der Waals surface area contributed by atoms with Gasteiger partial charge in [-0.25, -0.2) is 0 Å². The smallest absolute Gasteiger partial charge is 0.127 e. The lowest BCUT2D eigenvalue weighted by molar-refractivity contribution is -0.115. The molecule has 0 unspecified atom stereocenters. The topological polar surface area (TPSA) is 20.3 Å². The Hall–Kier alpha value is -1.31. The molecule has 1 fully saturated rings. The van der Waals surface area contributed by atoms with Crippen LogP contribution < -0.4 is 4.90 Å². The van der Waals surface area contributed by atoms with Crippen LogP contribution in [0.1, 0.15) is 38.2 Å². The molecule has 0 aliphatic heterocycles. The maximum absolute atomic E-state index is 11.4. The lowest BCUT2D eigenvalue weighted by Crippen LogP contribution is -2.37. The predicted molar refractivity (Wildman–Crippen MR) is 76.0 cm³/mol. The number of rotatable bonds is 5. The number of hydrogen-bond donors (Lipinski definition) is 0. The van der Waals surface area contributed by atoms with Gasteiger partial charge in [-0.1, -0.05) is 30.5 Å². The molecule has 0 aromatic heterocycles. The van der Waals surface area contributed by atoms with E-state index in [-0.39, 0.29) is 5.41 Å². The summed E-state index contributed by atoms with van der Waals surface area (Å²) in [5, 5.41) is 0. The van der Waals surface area contributed by atoms with Crippen LogP contribution in [0.25, 0.3) is 0 Å². The Labute approximate surface area is 110 Å². The molecule has 2 heteroatoms. The Morgan fingerprint density at radius 2 is 1.83 bits per heavy atom. The maximum atomic E-state index is 11.4. The van der Waals surface area contributed by atoms with Crippen molar-refractivity contribution in [3.05, 3.63) is 29.8 Å². The minimum atomic E-state index is -0.0963. The normalized spacial score (nSPS) is 17.7. The van der Waals surface area contributed by atoms with E-state index in [0.717, 1.165) is 25.9 Å². The molecular weight excluding hydrogens is 222 g/mol. The number of aldehydes is 1. The van der Waals surface area contributed by atoms with Crippen molar-refractivity contribution >= 4 is 12.0 Å². The molecule has 2 nitrogen and oxygen atoms in total. The molecule has 1 saturated carbocycles. The summed E-state index contributed by atoms with van der Waals surface area (Å²) >= 11 is 0. The van der Waals surface area contributed by atoms with E-state index >= 15 is 0 Å². The highest BCUT2D eigenvalue weighted by Crippen LogP contribution is 2.37. The van der Waals surface area contributed by atoms with E-state index in [4.69, 9.17) is 0 Å². The zero-order valence-corrected chi connectivity index (χ0v) is 11.5. The van der Waals surface area contributed by atoms with E-state index in [1.165, 1.54) is 30.4 Å². The molecule has 2 rings (SSSR count). The maximum Gasteiger partial charge on any atom is 0.127 e. The lowest BCUT2D eigenvalue weighted by atomic mass is 9.87. The highest BCUT2D eigenvalue weighted by Gasteiger charge is 2.35. The zero-order chi connectivity index (χ0) is 13.0. The molecule has 0 amide bonds. The van der Waals surface area contributed by atoms with Gasteiger partial charge in [-0.05, 0) is 38.8 Å². The predicted octanol–water partition coefficient (Wildman–Crippen LogP) is 3.58. The Morgan fingerprint density at radius 1 is 1.22 bits per heavy atom. The molecular formula is C16H23NO. The summed E-state index contributed by atoms with van der Waals surface area (Å²) in [6, 6.07) is 8.60. The summed E-state index contributed by atoms with van der Waals surface area (Å²) in [5.41, 5.74) is 2.41. The van der Waals surface area contributed by atoms with Gasteiger partial charge in [0.15, 0.2) is 0 Å². The van der Waals surface area contributed by atoms with Gasteiger partial charge in [-0.3, -0.25) is 0 Å². The molecule has 0 heterocycles. The molecule has 0 saturated heterocycles. The van der Waals surface area contributed by atoms with Gasteiger partial charge in [-0.15, -0.1) is 0 Å². The van der Waals surface area contributed by atoms with Crippen LogP contribution in [-0.4, -0.2) is 19.4 Å². The highest BCUT2D eigenvalue weighted by molar-refractivity contribution is 5.62. The first-order valence-corrected chi connectivity index (χ1v) is 6.97. The number of benzene rings is 1. The standard InChI is InChI=1S/C16H23NO/c1-3-17(15-8-6-14(2)7-9-15)12-16(13-18)10-4-5-11-16/h6-9,13H,3-5,10-12H2,1-2H3. The van der Waals surface area contributed by atoms with Gasteiger partial charge >= 0.3 is 0 Å². The first kappa shape index (κ1) is 13.1. The minimum Gasteiger partial charge on any atom is -0.371 e. The SMILES string of the molecule is CCN(CC1(C=O)CCCC1)c1ccc(C)cc1. The molecule has 1 aliphatic rings. The average molecular weight is 245 g/mol. The Kier molecular flexibility index (Phi) is 4.05. The number of nitrogens with zero attached hydrogens (tertiary/aromatic N) is 1. The van der Waals surface area contributed by atoms with E-state index in [2.05, 4.69) is 43.0 Å². The van der Waals surface area contributed by atoms with Crippen LogP contribution in [0, 0.1) is 12.3 Å². The van der Waals surface area contributed by atoms with Crippen molar-refractivity contribution in [1.82, 2.24) is 0 Å². The van der Waals surface area contributed by atoms with Crippen LogP contribution >= 0.6 is 0 Å². The van der Waals surface area contributed by atoms with Crippen LogP contribution in [0.2, 0.25) is 0 Å². The van der Waals surface area contributed by atoms with Crippen molar-refractivity contribution in [2.45, 2.75) is 39.5 Å². The van der Waals surface area contributed by atoms with Crippen molar-refractivity contribution in [2.24, 2.45) is 5.41 Å². The second kappa shape index (κ2) is 5.55. The van der Waals surface area contributed by atoms with Gasteiger partial charge in [0.2, 0.25) is 0 Å². The fourth-order valence-corrected chi connectivity index (χ4v) is 2.91. The van der Waals surface area contributed by atoms with Gasteiger partial charge in [0.1, 0.15) is 6.29 Å². The number of aryl methyl sites for hydroxylation is 1. The van der Waals surface area contributed by atoms with Crippen molar-refractivity contribution < 1.29 is 4.79 Å². The summed E-state index contributed by atoms with van der Waals surface area (Å²) in [7, 11) is 0.